The number of phenols is 1. The van der Waals surface area contributed by atoms with Crippen LogP contribution in [0.15, 0.2) is 101 Å². The van der Waals surface area contributed by atoms with Crippen molar-refractivity contribution in [3.8, 4) is 28.7 Å². The number of methoxy groups -OCH3 is 4. The molecule has 4 aromatic carbocycles. The Hall–Kier alpha value is -8.36. The Kier molecular flexibility index (Phi) is 10.1. The quantitative estimate of drug-likeness (QED) is 0.182. The van der Waals surface area contributed by atoms with Gasteiger partial charge in [-0.15, -0.1) is 0 Å². The molecule has 2 aliphatic heterocycles. The Morgan fingerprint density at radius 1 is 0.627 bits per heavy atom. The van der Waals surface area contributed by atoms with Crippen molar-refractivity contribution in [2.45, 2.75) is 51.1 Å². The Balaban J connectivity index is 1.06. The molecule has 0 saturated heterocycles. The van der Waals surface area contributed by atoms with Crippen molar-refractivity contribution < 1.29 is 24.1 Å². The molecule has 0 bridgehead atoms. The van der Waals surface area contributed by atoms with Crippen LogP contribution in [0.2, 0.25) is 0 Å². The molecule has 344 valence electrons. The van der Waals surface area contributed by atoms with E-state index in [-0.39, 0.29) is 56.2 Å². The van der Waals surface area contributed by atoms with Crippen molar-refractivity contribution in [3.63, 3.8) is 0 Å². The van der Waals surface area contributed by atoms with Gasteiger partial charge < -0.3 is 33.2 Å². The number of benzene rings is 4. The van der Waals surface area contributed by atoms with Crippen LogP contribution in [0, 0.1) is 0 Å². The van der Waals surface area contributed by atoms with Crippen LogP contribution >= 0.6 is 0 Å². The first-order valence-electron chi connectivity index (χ1n) is 21.3. The summed E-state index contributed by atoms with van der Waals surface area (Å²) in [6.07, 6.45) is 1.56. The highest BCUT2D eigenvalue weighted by Gasteiger charge is 2.43. The van der Waals surface area contributed by atoms with E-state index < -0.39 is 46.0 Å². The SMILES string of the molecule is COc1cc2nc(CCn3c(=O)n4n(c3=O)[C@@H]3Cn5c(=O)n(CCc6nc7cc(OC)c(OC)cc7n(C)c6=O)c(=O)n5[C@@H](c5c(O)ccc6ccccc56)C3=CC4)c(=O)n(C)c2cc1OC. The number of aromatic hydroxyl groups is 1. The first kappa shape index (κ1) is 42.6. The van der Waals surface area contributed by atoms with Gasteiger partial charge in [-0.1, -0.05) is 36.4 Å². The van der Waals surface area contributed by atoms with Gasteiger partial charge in [0.25, 0.3) is 11.1 Å². The summed E-state index contributed by atoms with van der Waals surface area (Å²) in [5.74, 6) is 1.47. The van der Waals surface area contributed by atoms with Gasteiger partial charge in [-0.3, -0.25) is 9.59 Å². The number of allylic oxidation sites excluding steroid dienone is 2. The Bertz CT molecular complexity index is 3800. The lowest BCUT2D eigenvalue weighted by molar-refractivity contribution is 0.244. The third-order valence-corrected chi connectivity index (χ3v) is 13.0. The van der Waals surface area contributed by atoms with Crippen LogP contribution < -0.4 is 52.8 Å². The summed E-state index contributed by atoms with van der Waals surface area (Å²) in [7, 11) is 9.11. The molecule has 2 aliphatic rings. The van der Waals surface area contributed by atoms with Crippen molar-refractivity contribution >= 4 is 32.8 Å². The van der Waals surface area contributed by atoms with E-state index in [1.165, 1.54) is 62.4 Å². The highest BCUT2D eigenvalue weighted by molar-refractivity contribution is 5.89. The molecule has 0 saturated carbocycles. The van der Waals surface area contributed by atoms with Gasteiger partial charge in [0.2, 0.25) is 0 Å². The number of aryl methyl sites for hydroxylation is 4. The second-order valence-electron chi connectivity index (χ2n) is 16.4. The zero-order valence-electron chi connectivity index (χ0n) is 37.3. The van der Waals surface area contributed by atoms with E-state index in [9.17, 15) is 33.9 Å². The predicted molar refractivity (Wildman–Crippen MR) is 244 cm³/mol. The zero-order valence-corrected chi connectivity index (χ0v) is 37.3. The van der Waals surface area contributed by atoms with Crippen LogP contribution in [0.5, 0.6) is 28.7 Å². The molecular formula is C46H44N10O11. The fraction of sp³-hybridized carbons (Fsp3) is 0.304. The highest BCUT2D eigenvalue weighted by Crippen LogP contribution is 2.44. The van der Waals surface area contributed by atoms with Crippen LogP contribution in [0.1, 0.15) is 29.0 Å². The van der Waals surface area contributed by atoms with Crippen molar-refractivity contribution in [2.24, 2.45) is 14.1 Å². The number of nitrogens with zero attached hydrogens (tertiary/aromatic N) is 10. The van der Waals surface area contributed by atoms with Crippen molar-refractivity contribution in [1.82, 2.24) is 47.0 Å². The predicted octanol–water partition coefficient (Wildman–Crippen LogP) is 1.59. The van der Waals surface area contributed by atoms with E-state index in [4.69, 9.17) is 18.9 Å². The first-order valence-corrected chi connectivity index (χ1v) is 21.3. The lowest BCUT2D eigenvalue weighted by atomic mass is 9.87. The summed E-state index contributed by atoms with van der Waals surface area (Å²) in [6, 6.07) is 15.0. The smallest absolute Gasteiger partial charge is 0.348 e. The summed E-state index contributed by atoms with van der Waals surface area (Å²) in [4.78, 5) is 94.5. The molecule has 2 atom stereocenters. The van der Waals surface area contributed by atoms with Crippen LogP contribution in [-0.2, 0) is 53.1 Å². The van der Waals surface area contributed by atoms with Crippen molar-refractivity contribution in [2.75, 3.05) is 28.4 Å². The molecule has 0 unspecified atom stereocenters. The molecule has 21 heteroatoms. The molecule has 0 amide bonds. The fourth-order valence-electron chi connectivity index (χ4n) is 9.64. The summed E-state index contributed by atoms with van der Waals surface area (Å²) in [5, 5.41) is 13.0. The molecule has 1 N–H and O–H groups in total. The third kappa shape index (κ3) is 6.43. The van der Waals surface area contributed by atoms with E-state index >= 15 is 0 Å². The second-order valence-corrected chi connectivity index (χ2v) is 16.4. The number of rotatable bonds is 11. The van der Waals surface area contributed by atoms with Crippen LogP contribution in [0.3, 0.4) is 0 Å². The number of ether oxygens (including phenoxy) is 4. The lowest BCUT2D eigenvalue weighted by Gasteiger charge is -2.38. The molecule has 4 aromatic heterocycles. The van der Waals surface area contributed by atoms with Crippen molar-refractivity contribution in [3.05, 3.63) is 152 Å². The average Bonchev–Trinajstić information content (AvgIpc) is 3.73. The van der Waals surface area contributed by atoms with E-state index in [2.05, 4.69) is 9.97 Å². The molecule has 8 aromatic rings. The molecule has 0 spiro atoms. The molecule has 0 aliphatic carbocycles. The van der Waals surface area contributed by atoms with E-state index in [0.29, 0.717) is 61.6 Å². The summed E-state index contributed by atoms with van der Waals surface area (Å²) in [6.45, 7) is -0.772. The van der Waals surface area contributed by atoms with Gasteiger partial charge in [0.1, 0.15) is 23.2 Å². The average molecular weight is 913 g/mol. The van der Waals surface area contributed by atoms with Crippen molar-refractivity contribution in [1.29, 1.82) is 0 Å². The Morgan fingerprint density at radius 3 is 1.69 bits per heavy atom. The van der Waals surface area contributed by atoms with E-state index in [1.54, 1.807) is 62.6 Å². The molecule has 0 radical (unpaired) electrons. The number of phenolic OH excluding ortho intramolecular Hbond substituents is 1. The monoisotopic (exact) mass is 912 g/mol. The minimum absolute atomic E-state index is 0.0771. The lowest BCUT2D eigenvalue weighted by Crippen LogP contribution is -2.47. The molecule has 6 heterocycles. The van der Waals surface area contributed by atoms with Gasteiger partial charge in [0.15, 0.2) is 23.0 Å². The molecule has 0 fully saturated rings. The number of hydrogen-bond acceptors (Lipinski definition) is 13. The van der Waals surface area contributed by atoms with E-state index in [0.717, 1.165) is 14.5 Å². The minimum atomic E-state index is -1.13. The number of aromatic nitrogens is 10. The molecular weight excluding hydrogens is 869 g/mol. The van der Waals surface area contributed by atoms with Crippen LogP contribution in [0.4, 0.5) is 0 Å². The largest absolute Gasteiger partial charge is 0.508 e. The topological polar surface area (TPSA) is 225 Å². The van der Waals surface area contributed by atoms with Gasteiger partial charge in [0, 0.05) is 69.9 Å². The maximum absolute atomic E-state index is 14.8. The van der Waals surface area contributed by atoms with Crippen LogP contribution in [0.25, 0.3) is 32.8 Å². The maximum atomic E-state index is 14.8. The van der Waals surface area contributed by atoms with Gasteiger partial charge in [-0.2, -0.15) is 0 Å². The highest BCUT2D eigenvalue weighted by atomic mass is 16.5. The normalized spacial score (nSPS) is 15.3. The Labute approximate surface area is 377 Å². The second kappa shape index (κ2) is 16.0. The zero-order chi connectivity index (χ0) is 47.2. The van der Waals surface area contributed by atoms with Crippen LogP contribution in [-0.4, -0.2) is 80.5 Å². The summed E-state index contributed by atoms with van der Waals surface area (Å²) in [5.41, 5.74) is -0.831. The number of hydrogen-bond donors (Lipinski definition) is 1. The van der Waals surface area contributed by atoms with Gasteiger partial charge >= 0.3 is 22.8 Å². The molecule has 10 rings (SSSR count). The minimum Gasteiger partial charge on any atom is -0.508 e. The standard InChI is InChI=1S/C46H44N10O11/c1-49-31-21-37(66-5)35(64-3)19-29(31)47-27(41(49)58)14-16-51-43(60)53-18-13-26-33(55(53)45(51)62)23-54-44(61)52(46(63)56(54)40(26)39-25-10-8-7-9-24(25)11-12-34(39)57)17-15-28-42(59)50(2)32-22-38(67-6)36(65-4)20-30(32)48-28/h7-13,19-22,33,40,57H,14-18,23H2,1-6H3/t33-,40-/m1/s1. The molecule has 21 nitrogen and oxygen atoms in total. The Morgan fingerprint density at radius 2 is 1.13 bits per heavy atom. The van der Waals surface area contributed by atoms with Gasteiger partial charge in [0.05, 0.1) is 69.6 Å². The third-order valence-electron chi connectivity index (χ3n) is 13.0. The summed E-state index contributed by atoms with van der Waals surface area (Å²) < 4.78 is 31.6. The first-order chi connectivity index (χ1) is 32.3. The van der Waals surface area contributed by atoms with Gasteiger partial charge in [-0.05, 0) is 22.4 Å². The van der Waals surface area contributed by atoms with E-state index in [1.807, 2.05) is 12.1 Å². The summed E-state index contributed by atoms with van der Waals surface area (Å²) >= 11 is 0. The molecule has 67 heavy (non-hydrogen) atoms. The maximum Gasteiger partial charge on any atom is 0.348 e. The van der Waals surface area contributed by atoms with Gasteiger partial charge in [-0.25, -0.2) is 57.0 Å². The fourth-order valence-corrected chi connectivity index (χ4v) is 9.64. The number of fused-ring (bicyclic) bond motifs is 7.